The average molecular weight is 1300 g/mol. The van der Waals surface area contributed by atoms with Crippen LogP contribution in [0.2, 0.25) is 5.02 Å². The molecule has 3 aliphatic rings. The minimum Gasteiger partial charge on any atom is -0.405 e. The lowest BCUT2D eigenvalue weighted by Gasteiger charge is -2.32. The highest BCUT2D eigenvalue weighted by molar-refractivity contribution is 7.11. The fourth-order valence-corrected chi connectivity index (χ4v) is 14.0. The Labute approximate surface area is 584 Å². The van der Waals surface area contributed by atoms with Crippen LogP contribution in [0.3, 0.4) is 0 Å². The molecule has 0 aromatic heterocycles. The Hall–Kier alpha value is -8.86. The Kier molecular flexibility index (Phi) is 17.7. The lowest BCUT2D eigenvalue weighted by molar-refractivity contribution is 0.00578. The summed E-state index contributed by atoms with van der Waals surface area (Å²) >= 11 is 6.22. The van der Waals surface area contributed by atoms with Gasteiger partial charge in [-0.25, -0.2) is 0 Å². The Morgan fingerprint density at radius 2 is 0.449 bits per heavy atom. The summed E-state index contributed by atoms with van der Waals surface area (Å²) in [4.78, 5) is 0. The van der Waals surface area contributed by atoms with Gasteiger partial charge in [-0.3, -0.25) is 0 Å². The van der Waals surface area contributed by atoms with Crippen LogP contribution in [0.4, 0.5) is 0 Å². The second-order valence-electron chi connectivity index (χ2n) is 29.0. The van der Waals surface area contributed by atoms with Crippen LogP contribution in [0.1, 0.15) is 83.1 Å². The molecule has 13 aromatic carbocycles. The van der Waals surface area contributed by atoms with Gasteiger partial charge in [-0.1, -0.05) is 279 Å². The third-order valence-electron chi connectivity index (χ3n) is 21.3. The lowest BCUT2D eigenvalue weighted by Crippen LogP contribution is -2.41. The predicted molar refractivity (Wildman–Crippen MR) is 414 cm³/mol. The SMILES string of the molecule is CC1(C)OB(B2OC(C)(C)C(C)(C)O2)OC1(C)C.CC1(C)OB(c2ccc(-c3ccc(-c4c5ccccc5c(-c5ccccc5-c5ccccc5)c5ccccc45)cc3)cc2)OC1(C)C.Clc1ccc(-c2c3ccccc3c(-c3ccccc3-c3ccccc3)c3ccccc23)cc1. The molecule has 98 heavy (non-hydrogen) atoms. The second-order valence-corrected chi connectivity index (χ2v) is 29.5. The normalized spacial score (nSPS) is 17.0. The lowest BCUT2D eigenvalue weighted by atomic mass is 9.49. The fraction of sp³-hybridized carbons (Fsp3) is 0.205. The molecule has 10 heteroatoms. The van der Waals surface area contributed by atoms with E-state index in [2.05, 4.69) is 295 Å². The largest absolute Gasteiger partial charge is 0.494 e. The van der Waals surface area contributed by atoms with Gasteiger partial charge in [0.2, 0.25) is 0 Å². The van der Waals surface area contributed by atoms with Crippen molar-refractivity contribution >= 4 is 81.3 Å². The molecule has 3 saturated heterocycles. The van der Waals surface area contributed by atoms with Crippen molar-refractivity contribution in [2.24, 2.45) is 0 Å². The summed E-state index contributed by atoms with van der Waals surface area (Å²) in [6, 6.07) is 99.9. The van der Waals surface area contributed by atoms with E-state index in [1.807, 2.05) is 67.5 Å². The van der Waals surface area contributed by atoms with Gasteiger partial charge in [-0.15, -0.1) is 0 Å². The Morgan fingerprint density at radius 3 is 0.765 bits per heavy atom. The van der Waals surface area contributed by atoms with Crippen molar-refractivity contribution in [3.05, 3.63) is 284 Å². The van der Waals surface area contributed by atoms with E-state index in [-0.39, 0.29) is 40.7 Å². The average Bonchev–Trinajstić information content (AvgIpc) is 1.36. The molecule has 0 N–H and O–H groups in total. The molecule has 0 atom stereocenters. The zero-order chi connectivity index (χ0) is 68.4. The monoisotopic (exact) mass is 1300 g/mol. The van der Waals surface area contributed by atoms with Crippen molar-refractivity contribution in [1.82, 2.24) is 0 Å². The first-order valence-corrected chi connectivity index (χ1v) is 34.6. The van der Waals surface area contributed by atoms with Crippen LogP contribution in [0.5, 0.6) is 0 Å². The van der Waals surface area contributed by atoms with Crippen molar-refractivity contribution in [3.8, 4) is 77.9 Å². The highest BCUT2D eigenvalue weighted by atomic mass is 35.5. The summed E-state index contributed by atoms with van der Waals surface area (Å²) in [6.45, 7) is 24.6. The fourth-order valence-electron chi connectivity index (χ4n) is 13.9. The van der Waals surface area contributed by atoms with Crippen LogP contribution in [-0.4, -0.2) is 54.7 Å². The number of fused-ring (bicyclic) bond motifs is 4. The van der Waals surface area contributed by atoms with Crippen LogP contribution in [0, 0.1) is 0 Å². The molecule has 3 aliphatic heterocycles. The summed E-state index contributed by atoms with van der Waals surface area (Å²) in [6.07, 6.45) is 0. The van der Waals surface area contributed by atoms with Crippen molar-refractivity contribution in [2.75, 3.05) is 0 Å². The van der Waals surface area contributed by atoms with Crippen molar-refractivity contribution in [3.63, 3.8) is 0 Å². The molecule has 0 amide bonds. The molecule has 3 fully saturated rings. The van der Waals surface area contributed by atoms with E-state index in [1.54, 1.807) is 0 Å². The molecule has 6 nitrogen and oxygen atoms in total. The minimum absolute atomic E-state index is 0.357. The van der Waals surface area contributed by atoms with Gasteiger partial charge in [0.25, 0.3) is 0 Å². The number of hydrogen-bond acceptors (Lipinski definition) is 6. The van der Waals surface area contributed by atoms with Crippen LogP contribution >= 0.6 is 11.6 Å². The van der Waals surface area contributed by atoms with Gasteiger partial charge in [0.1, 0.15) is 0 Å². The van der Waals surface area contributed by atoms with Gasteiger partial charge in [0.15, 0.2) is 0 Å². The molecule has 0 saturated carbocycles. The Morgan fingerprint density at radius 1 is 0.214 bits per heavy atom. The summed E-state index contributed by atoms with van der Waals surface area (Å²) in [5.41, 5.74) is 16.1. The molecule has 0 spiro atoms. The number of halogens is 1. The first-order chi connectivity index (χ1) is 47.0. The van der Waals surface area contributed by atoms with E-state index in [0.29, 0.717) is 0 Å². The topological polar surface area (TPSA) is 55.4 Å². The van der Waals surface area contributed by atoms with Crippen molar-refractivity contribution < 1.29 is 27.9 Å². The van der Waals surface area contributed by atoms with Gasteiger partial charge < -0.3 is 27.9 Å². The zero-order valence-corrected chi connectivity index (χ0v) is 58.9. The Bertz CT molecular complexity index is 4880. The third kappa shape index (κ3) is 12.4. The molecule has 3 heterocycles. The van der Waals surface area contributed by atoms with E-state index in [0.717, 1.165) is 10.5 Å². The predicted octanol–water partition coefficient (Wildman–Crippen LogP) is 22.9. The molecule has 0 bridgehead atoms. The van der Waals surface area contributed by atoms with Crippen LogP contribution < -0.4 is 5.46 Å². The van der Waals surface area contributed by atoms with Crippen molar-refractivity contribution in [2.45, 2.75) is 117 Å². The summed E-state index contributed by atoms with van der Waals surface area (Å²) in [7, 11) is -1.31. The summed E-state index contributed by atoms with van der Waals surface area (Å²) in [5, 5.41) is 10.8. The molecule has 13 aromatic rings. The van der Waals surface area contributed by atoms with Crippen molar-refractivity contribution in [1.29, 1.82) is 0 Å². The zero-order valence-electron chi connectivity index (χ0n) is 58.1. The maximum absolute atomic E-state index is 6.27. The third-order valence-corrected chi connectivity index (χ3v) is 21.5. The smallest absolute Gasteiger partial charge is 0.405 e. The van der Waals surface area contributed by atoms with E-state index >= 15 is 0 Å². The maximum Gasteiger partial charge on any atom is 0.494 e. The molecule has 0 aliphatic carbocycles. The highest BCUT2D eigenvalue weighted by Crippen LogP contribution is 2.50. The molecule has 486 valence electrons. The highest BCUT2D eigenvalue weighted by Gasteiger charge is 2.64. The standard InChI is InChI=1S/C44H37BO2.C32H21Cl.C12H24B2O4/c1-43(2)44(3,4)47-45(46-43)34-28-26-31(27-29-34)30-22-24-33(25-23-30)41-37-18-10-12-20-39(37)42(40-21-13-11-19-38(40)41)36-17-9-8-16-35(36)32-14-6-5-7-15-32;33-24-20-18-23(19-21-24)31-27-14-6-8-16-29(27)32(30-17-9-7-15-28(30)31)26-13-5-4-12-25(26)22-10-2-1-3-11-22;1-9(2)10(3,4)16-13(15-9)14-17-11(5,6)12(7,8)18-14/h5-29H,1-4H3;1-21H;1-8H3. The maximum atomic E-state index is 6.27. The van der Waals surface area contributed by atoms with E-state index < -0.39 is 14.0 Å². The van der Waals surface area contributed by atoms with Crippen LogP contribution in [0.25, 0.3) is 121 Å². The van der Waals surface area contributed by atoms with Gasteiger partial charge >= 0.3 is 21.1 Å². The molecule has 0 unspecified atom stereocenters. The molecule has 16 rings (SSSR count). The van der Waals surface area contributed by atoms with Gasteiger partial charge in [-0.2, -0.15) is 0 Å². The van der Waals surface area contributed by atoms with Gasteiger partial charge in [0, 0.05) is 5.02 Å². The summed E-state index contributed by atoms with van der Waals surface area (Å²) < 4.78 is 36.4. The minimum atomic E-state index is -0.476. The summed E-state index contributed by atoms with van der Waals surface area (Å²) in [5.74, 6) is 0. The quantitative estimate of drug-likeness (QED) is 0.106. The Balaban J connectivity index is 0.000000139. The first-order valence-electron chi connectivity index (χ1n) is 34.2. The van der Waals surface area contributed by atoms with Crippen LogP contribution in [0.15, 0.2) is 279 Å². The van der Waals surface area contributed by atoms with Gasteiger partial charge in [0.05, 0.1) is 33.6 Å². The molecular weight excluding hydrogens is 1220 g/mol. The number of benzene rings is 13. The second kappa shape index (κ2) is 26.1. The number of rotatable bonds is 9. The van der Waals surface area contributed by atoms with E-state index in [4.69, 9.17) is 39.5 Å². The molecule has 0 radical (unpaired) electrons. The first kappa shape index (κ1) is 66.4. The van der Waals surface area contributed by atoms with E-state index in [1.165, 1.54) is 121 Å². The van der Waals surface area contributed by atoms with Crippen LogP contribution in [-0.2, 0) is 27.9 Å². The van der Waals surface area contributed by atoms with Gasteiger partial charge in [-0.05, 0) is 222 Å². The molecular formula is C88H82B3ClO6. The number of hydrogen-bond donors (Lipinski definition) is 0. The van der Waals surface area contributed by atoms with E-state index in [9.17, 15) is 0 Å².